The van der Waals surface area contributed by atoms with Crippen molar-refractivity contribution in [2.24, 2.45) is 5.92 Å². The molecule has 0 saturated carbocycles. The van der Waals surface area contributed by atoms with Gasteiger partial charge in [0.1, 0.15) is 0 Å². The van der Waals surface area contributed by atoms with Crippen LogP contribution in [-0.4, -0.2) is 10.9 Å². The van der Waals surface area contributed by atoms with E-state index < -0.39 is 0 Å². The van der Waals surface area contributed by atoms with E-state index in [1.54, 1.807) is 18.5 Å². The molecule has 1 atom stereocenters. The molecule has 0 saturated heterocycles. The lowest BCUT2D eigenvalue weighted by Crippen LogP contribution is -2.13. The standard InChI is InChI=1S/C23H26N2O/c1-15(2)19-6-5-16(3)22(13-19)18-7-9-20(10-8-18)25-23(26)21-11-12-24-14-17(21)4/h7-12,14,19H,1,5-6,13H2,2-4H3,(H,25,26)/t19-/m0/s1. The smallest absolute Gasteiger partial charge is 0.256 e. The maximum Gasteiger partial charge on any atom is 0.256 e. The van der Waals surface area contributed by atoms with Gasteiger partial charge in [-0.3, -0.25) is 9.78 Å². The number of pyridine rings is 1. The van der Waals surface area contributed by atoms with E-state index in [0.717, 1.165) is 24.1 Å². The SMILES string of the molecule is C=C(C)[C@H]1CCC(C)=C(c2ccc(NC(=O)c3ccncc3C)cc2)C1. The van der Waals surface area contributed by atoms with Gasteiger partial charge in [0.15, 0.2) is 0 Å². The summed E-state index contributed by atoms with van der Waals surface area (Å²) in [5.74, 6) is 0.468. The van der Waals surface area contributed by atoms with Gasteiger partial charge in [-0.1, -0.05) is 29.9 Å². The normalized spacial score (nSPS) is 17.1. The van der Waals surface area contributed by atoms with Crippen molar-refractivity contribution in [3.8, 4) is 0 Å². The number of rotatable bonds is 4. The van der Waals surface area contributed by atoms with Gasteiger partial charge in [0, 0.05) is 23.6 Å². The van der Waals surface area contributed by atoms with Crippen LogP contribution in [0.25, 0.3) is 5.57 Å². The van der Waals surface area contributed by atoms with Crippen molar-refractivity contribution in [2.75, 3.05) is 5.32 Å². The Bertz CT molecular complexity index is 862. The molecule has 0 bridgehead atoms. The summed E-state index contributed by atoms with van der Waals surface area (Å²) in [6, 6.07) is 9.92. The van der Waals surface area contributed by atoms with Gasteiger partial charge in [0.2, 0.25) is 0 Å². The van der Waals surface area contributed by atoms with Gasteiger partial charge in [-0.25, -0.2) is 0 Å². The molecule has 3 rings (SSSR count). The maximum atomic E-state index is 12.4. The van der Waals surface area contributed by atoms with Crippen LogP contribution in [0.15, 0.2) is 60.5 Å². The van der Waals surface area contributed by atoms with E-state index in [-0.39, 0.29) is 5.91 Å². The number of allylic oxidation sites excluding steroid dienone is 3. The molecular weight excluding hydrogens is 320 g/mol. The van der Waals surface area contributed by atoms with E-state index in [1.165, 1.54) is 28.7 Å². The van der Waals surface area contributed by atoms with Crippen LogP contribution in [0.1, 0.15) is 54.6 Å². The van der Waals surface area contributed by atoms with Crippen LogP contribution in [0.4, 0.5) is 5.69 Å². The molecule has 2 aromatic rings. The average molecular weight is 346 g/mol. The highest BCUT2D eigenvalue weighted by atomic mass is 16.1. The number of aromatic nitrogens is 1. The Morgan fingerprint density at radius 3 is 2.58 bits per heavy atom. The van der Waals surface area contributed by atoms with Crippen molar-refractivity contribution in [1.29, 1.82) is 0 Å². The van der Waals surface area contributed by atoms with Gasteiger partial charge < -0.3 is 5.32 Å². The fourth-order valence-electron chi connectivity index (χ4n) is 3.53. The molecule has 0 radical (unpaired) electrons. The predicted octanol–water partition coefficient (Wildman–Crippen LogP) is 5.79. The van der Waals surface area contributed by atoms with Gasteiger partial charge in [-0.05, 0) is 80.9 Å². The topological polar surface area (TPSA) is 42.0 Å². The monoisotopic (exact) mass is 346 g/mol. The number of carbonyl (C=O) groups excluding carboxylic acids is 1. The molecule has 1 aromatic heterocycles. The summed E-state index contributed by atoms with van der Waals surface area (Å²) in [5, 5.41) is 2.97. The molecule has 1 N–H and O–H groups in total. The highest BCUT2D eigenvalue weighted by Gasteiger charge is 2.20. The third kappa shape index (κ3) is 3.93. The van der Waals surface area contributed by atoms with Gasteiger partial charge in [-0.15, -0.1) is 0 Å². The predicted molar refractivity (Wildman–Crippen MR) is 108 cm³/mol. The Morgan fingerprint density at radius 2 is 1.92 bits per heavy atom. The van der Waals surface area contributed by atoms with E-state index in [2.05, 4.69) is 42.9 Å². The number of benzene rings is 1. The van der Waals surface area contributed by atoms with Crippen LogP contribution in [0.5, 0.6) is 0 Å². The quantitative estimate of drug-likeness (QED) is 0.712. The number of nitrogens with one attached hydrogen (secondary N) is 1. The van der Waals surface area contributed by atoms with Crippen molar-refractivity contribution in [3.63, 3.8) is 0 Å². The molecule has 1 aromatic carbocycles. The molecule has 0 spiro atoms. The second-order valence-corrected chi connectivity index (χ2v) is 7.27. The fourth-order valence-corrected chi connectivity index (χ4v) is 3.53. The minimum atomic E-state index is -0.104. The summed E-state index contributed by atoms with van der Waals surface area (Å²) in [6.45, 7) is 10.4. The summed E-state index contributed by atoms with van der Waals surface area (Å²) < 4.78 is 0. The molecule has 3 nitrogen and oxygen atoms in total. The molecule has 1 aliphatic rings. The van der Waals surface area contributed by atoms with Crippen molar-refractivity contribution in [1.82, 2.24) is 4.98 Å². The lowest BCUT2D eigenvalue weighted by molar-refractivity contribution is 0.102. The first-order valence-electron chi connectivity index (χ1n) is 9.12. The number of hydrogen-bond acceptors (Lipinski definition) is 2. The summed E-state index contributed by atoms with van der Waals surface area (Å²) in [4.78, 5) is 16.5. The molecular formula is C23H26N2O. The minimum absolute atomic E-state index is 0.104. The van der Waals surface area contributed by atoms with Gasteiger partial charge >= 0.3 is 0 Å². The van der Waals surface area contributed by atoms with Crippen LogP contribution in [0, 0.1) is 12.8 Å². The molecule has 3 heteroatoms. The summed E-state index contributed by atoms with van der Waals surface area (Å²) in [5.41, 5.74) is 7.73. The zero-order valence-electron chi connectivity index (χ0n) is 15.8. The third-order valence-corrected chi connectivity index (χ3v) is 5.29. The lowest BCUT2D eigenvalue weighted by atomic mass is 9.79. The largest absolute Gasteiger partial charge is 0.322 e. The van der Waals surface area contributed by atoms with Crippen LogP contribution >= 0.6 is 0 Å². The lowest BCUT2D eigenvalue weighted by Gasteiger charge is -2.26. The fraction of sp³-hybridized carbons (Fsp3) is 0.304. The minimum Gasteiger partial charge on any atom is -0.322 e. The van der Waals surface area contributed by atoms with Crippen LogP contribution in [0.2, 0.25) is 0 Å². The van der Waals surface area contributed by atoms with Crippen molar-refractivity contribution in [2.45, 2.75) is 40.0 Å². The molecule has 26 heavy (non-hydrogen) atoms. The first kappa shape index (κ1) is 18.1. The van der Waals surface area contributed by atoms with E-state index in [9.17, 15) is 4.79 Å². The first-order chi connectivity index (χ1) is 12.5. The zero-order valence-corrected chi connectivity index (χ0v) is 15.8. The first-order valence-corrected chi connectivity index (χ1v) is 9.12. The number of nitrogens with zero attached hydrogens (tertiary/aromatic N) is 1. The molecule has 0 fully saturated rings. The summed E-state index contributed by atoms with van der Waals surface area (Å²) in [6.07, 6.45) is 6.73. The van der Waals surface area contributed by atoms with Crippen LogP contribution in [0.3, 0.4) is 0 Å². The summed E-state index contributed by atoms with van der Waals surface area (Å²) >= 11 is 0. The Morgan fingerprint density at radius 1 is 1.19 bits per heavy atom. The molecule has 0 aliphatic heterocycles. The second kappa shape index (κ2) is 7.69. The molecule has 134 valence electrons. The third-order valence-electron chi connectivity index (χ3n) is 5.29. The molecule has 1 aliphatic carbocycles. The second-order valence-electron chi connectivity index (χ2n) is 7.27. The maximum absolute atomic E-state index is 12.4. The van der Waals surface area contributed by atoms with E-state index in [4.69, 9.17) is 0 Å². The number of aryl methyl sites for hydroxylation is 1. The van der Waals surface area contributed by atoms with E-state index in [1.807, 2.05) is 19.1 Å². The van der Waals surface area contributed by atoms with E-state index >= 15 is 0 Å². The molecule has 0 unspecified atom stereocenters. The van der Waals surface area contributed by atoms with Gasteiger partial charge in [0.05, 0.1) is 0 Å². The van der Waals surface area contributed by atoms with Crippen molar-refractivity contribution >= 4 is 17.2 Å². The number of anilines is 1. The number of hydrogen-bond donors (Lipinski definition) is 1. The average Bonchev–Trinajstić information content (AvgIpc) is 2.63. The van der Waals surface area contributed by atoms with Crippen molar-refractivity contribution < 1.29 is 4.79 Å². The summed E-state index contributed by atoms with van der Waals surface area (Å²) in [7, 11) is 0. The van der Waals surface area contributed by atoms with E-state index in [0.29, 0.717) is 11.5 Å². The highest BCUT2D eigenvalue weighted by Crippen LogP contribution is 2.38. The Labute approximate surface area is 155 Å². The van der Waals surface area contributed by atoms with Crippen molar-refractivity contribution in [3.05, 3.63) is 77.1 Å². The van der Waals surface area contributed by atoms with Gasteiger partial charge in [-0.2, -0.15) is 0 Å². The van der Waals surface area contributed by atoms with Crippen LogP contribution < -0.4 is 5.32 Å². The van der Waals surface area contributed by atoms with Gasteiger partial charge in [0.25, 0.3) is 5.91 Å². The highest BCUT2D eigenvalue weighted by molar-refractivity contribution is 6.05. The zero-order chi connectivity index (χ0) is 18.7. The molecule has 1 heterocycles. The molecule has 1 amide bonds. The Hall–Kier alpha value is -2.68. The number of carbonyl (C=O) groups is 1. The number of amides is 1. The Kier molecular flexibility index (Phi) is 5.36. The van der Waals surface area contributed by atoms with Crippen LogP contribution in [-0.2, 0) is 0 Å². The Balaban J connectivity index is 1.75.